The zero-order valence-corrected chi connectivity index (χ0v) is 27.8. The van der Waals surface area contributed by atoms with Gasteiger partial charge in [0.2, 0.25) is 0 Å². The van der Waals surface area contributed by atoms with Crippen molar-refractivity contribution in [1.82, 2.24) is 0 Å². The van der Waals surface area contributed by atoms with Crippen LogP contribution in [0.4, 0.5) is 0 Å². The monoisotopic (exact) mass is 598 g/mol. The van der Waals surface area contributed by atoms with E-state index in [1.54, 1.807) is 7.11 Å². The number of aliphatic hydroxyl groups is 2. The number of ether oxygens (including phenoxy) is 1. The Morgan fingerprint density at radius 1 is 0.636 bits per heavy atom. The van der Waals surface area contributed by atoms with Crippen molar-refractivity contribution in [3.8, 4) is 0 Å². The predicted octanol–water partition coefficient (Wildman–Crippen LogP) is 9.23. The molecule has 4 aliphatic carbocycles. The second-order valence-electron chi connectivity index (χ2n) is 14.3. The van der Waals surface area contributed by atoms with Crippen LogP contribution < -0.4 is 0 Å². The fraction of sp³-hybridized carbons (Fsp3) is 0.538. The molecule has 2 N–H and O–H groups in total. The number of benzene rings is 2. The molecule has 2 aromatic carbocycles. The quantitative estimate of drug-likeness (QED) is 0.368. The van der Waals surface area contributed by atoms with E-state index in [2.05, 4.69) is 38.1 Å². The molecule has 2 unspecified atom stereocenters. The summed E-state index contributed by atoms with van der Waals surface area (Å²) >= 11 is 0. The van der Waals surface area contributed by atoms with E-state index in [4.69, 9.17) is 4.74 Å². The molecule has 0 amide bonds. The van der Waals surface area contributed by atoms with Gasteiger partial charge in [0, 0.05) is 30.8 Å². The number of aliphatic hydroxyl groups excluding tert-OH is 2. The average molecular weight is 599 g/mol. The number of carbonyl (C=O) groups is 2. The molecule has 0 saturated heterocycles. The highest BCUT2D eigenvalue weighted by Crippen LogP contribution is 2.54. The second-order valence-corrected chi connectivity index (χ2v) is 14.3. The third kappa shape index (κ3) is 5.69. The number of methoxy groups -OCH3 is 1. The number of hydrogen-bond donors (Lipinski definition) is 2. The summed E-state index contributed by atoms with van der Waals surface area (Å²) in [4.78, 5) is 25.4. The molecule has 4 aliphatic rings. The lowest BCUT2D eigenvalue weighted by molar-refractivity contribution is -0.116. The van der Waals surface area contributed by atoms with Crippen LogP contribution in [0.2, 0.25) is 0 Å². The summed E-state index contributed by atoms with van der Waals surface area (Å²) in [5.41, 5.74) is 9.08. The summed E-state index contributed by atoms with van der Waals surface area (Å²) in [6.45, 7) is 12.2. The number of rotatable bonds is 3. The van der Waals surface area contributed by atoms with Crippen molar-refractivity contribution in [3.63, 3.8) is 0 Å². The van der Waals surface area contributed by atoms with Crippen molar-refractivity contribution >= 4 is 22.7 Å². The van der Waals surface area contributed by atoms with Crippen molar-refractivity contribution in [2.75, 3.05) is 7.11 Å². The van der Waals surface area contributed by atoms with Crippen LogP contribution in [0.1, 0.15) is 115 Å². The summed E-state index contributed by atoms with van der Waals surface area (Å²) < 4.78 is 5.52. The maximum absolute atomic E-state index is 12.8. The van der Waals surface area contributed by atoms with Gasteiger partial charge < -0.3 is 14.9 Å². The van der Waals surface area contributed by atoms with E-state index in [0.717, 1.165) is 84.7 Å². The highest BCUT2D eigenvalue weighted by molar-refractivity contribution is 6.25. The summed E-state index contributed by atoms with van der Waals surface area (Å²) in [6.07, 6.45) is 10.1. The van der Waals surface area contributed by atoms with Crippen molar-refractivity contribution in [2.45, 2.75) is 118 Å². The fourth-order valence-corrected chi connectivity index (χ4v) is 8.94. The van der Waals surface area contributed by atoms with Crippen molar-refractivity contribution < 1.29 is 24.5 Å². The van der Waals surface area contributed by atoms with Gasteiger partial charge in [0.15, 0.2) is 11.6 Å². The van der Waals surface area contributed by atoms with Gasteiger partial charge in [-0.25, -0.2) is 0 Å². The maximum Gasteiger partial charge on any atom is 0.167 e. The minimum Gasteiger partial charge on any atom is -0.511 e. The highest BCUT2D eigenvalue weighted by Gasteiger charge is 2.49. The van der Waals surface area contributed by atoms with Gasteiger partial charge in [-0.3, -0.25) is 9.59 Å². The van der Waals surface area contributed by atoms with E-state index in [1.807, 2.05) is 27.7 Å². The average Bonchev–Trinajstić information content (AvgIpc) is 3.32. The first-order chi connectivity index (χ1) is 20.8. The Labute approximate surface area is 263 Å². The summed E-state index contributed by atoms with van der Waals surface area (Å²) in [5.74, 6) is 0.889. The molecule has 2 atom stereocenters. The fourth-order valence-electron chi connectivity index (χ4n) is 8.94. The summed E-state index contributed by atoms with van der Waals surface area (Å²) in [7, 11) is 1.72. The first kappa shape index (κ1) is 32.2. The topological polar surface area (TPSA) is 83.8 Å². The minimum atomic E-state index is -0.408. The Morgan fingerprint density at radius 2 is 1.05 bits per heavy atom. The zero-order valence-electron chi connectivity index (χ0n) is 27.8. The van der Waals surface area contributed by atoms with Gasteiger partial charge in [-0.1, -0.05) is 54.7 Å². The molecule has 2 aromatic rings. The first-order valence-corrected chi connectivity index (χ1v) is 16.5. The van der Waals surface area contributed by atoms with E-state index in [9.17, 15) is 19.8 Å². The van der Waals surface area contributed by atoms with Gasteiger partial charge in [-0.15, -0.1) is 0 Å². The van der Waals surface area contributed by atoms with E-state index in [-0.39, 0.29) is 23.1 Å². The van der Waals surface area contributed by atoms with Crippen molar-refractivity contribution in [2.24, 2.45) is 10.8 Å². The SMILES string of the molecule is COC1CCCC2(CC(=O)C(c3c(C)cc(C)cc3C)=C2O)C1.Cc1cc(C)c(C2=C(O)C3(CCCCC3)CC2=O)c(C)c1. The lowest BCUT2D eigenvalue weighted by Gasteiger charge is -2.37. The van der Waals surface area contributed by atoms with Crippen molar-refractivity contribution in [3.05, 3.63) is 80.3 Å². The van der Waals surface area contributed by atoms with Crippen LogP contribution in [0.5, 0.6) is 0 Å². The van der Waals surface area contributed by atoms with Gasteiger partial charge >= 0.3 is 0 Å². The Balaban J connectivity index is 0.000000175. The normalized spacial score (nSPS) is 24.8. The van der Waals surface area contributed by atoms with Gasteiger partial charge in [0.25, 0.3) is 0 Å². The number of aryl methyl sites for hydroxylation is 6. The Kier molecular flexibility index (Phi) is 9.01. The summed E-state index contributed by atoms with van der Waals surface area (Å²) in [5, 5.41) is 21.9. The molecule has 44 heavy (non-hydrogen) atoms. The molecule has 5 nitrogen and oxygen atoms in total. The zero-order chi connectivity index (χ0) is 32.0. The molecule has 0 radical (unpaired) electrons. The highest BCUT2D eigenvalue weighted by atomic mass is 16.5. The second kappa shape index (κ2) is 12.3. The van der Waals surface area contributed by atoms with E-state index in [1.165, 1.54) is 17.5 Å². The van der Waals surface area contributed by atoms with E-state index >= 15 is 0 Å². The minimum absolute atomic E-state index is 0.0781. The van der Waals surface area contributed by atoms with E-state index < -0.39 is 5.41 Å². The number of Topliss-reactive ketones (excluding diaryl/α,β-unsaturated/α-hetero) is 2. The molecule has 2 fully saturated rings. The third-order valence-corrected chi connectivity index (χ3v) is 10.8. The first-order valence-electron chi connectivity index (χ1n) is 16.5. The van der Waals surface area contributed by atoms with Crippen LogP contribution in [0, 0.1) is 52.4 Å². The molecule has 5 heteroatoms. The van der Waals surface area contributed by atoms with Gasteiger partial charge in [0.05, 0.1) is 17.3 Å². The molecule has 0 bridgehead atoms. The number of hydrogen-bond acceptors (Lipinski definition) is 5. The van der Waals surface area contributed by atoms with Crippen LogP contribution in [0.15, 0.2) is 35.8 Å². The Morgan fingerprint density at radius 3 is 1.50 bits per heavy atom. The van der Waals surface area contributed by atoms with Gasteiger partial charge in [-0.05, 0) is 113 Å². The molecular formula is C39H50O5. The lowest BCUT2D eigenvalue weighted by atomic mass is 9.71. The number of allylic oxidation sites excluding steroid dienone is 4. The predicted molar refractivity (Wildman–Crippen MR) is 177 cm³/mol. The largest absolute Gasteiger partial charge is 0.511 e. The van der Waals surface area contributed by atoms with Crippen LogP contribution >= 0.6 is 0 Å². The third-order valence-electron chi connectivity index (χ3n) is 10.8. The number of ketones is 2. The molecule has 2 saturated carbocycles. The Hall–Kier alpha value is -3.18. The Bertz CT molecular complexity index is 1500. The lowest BCUT2D eigenvalue weighted by Crippen LogP contribution is -2.32. The molecule has 236 valence electrons. The molecule has 0 aliphatic heterocycles. The smallest absolute Gasteiger partial charge is 0.167 e. The number of carbonyl (C=O) groups excluding carboxylic acids is 2. The van der Waals surface area contributed by atoms with Gasteiger partial charge in [0.1, 0.15) is 11.5 Å². The molecule has 6 rings (SSSR count). The summed E-state index contributed by atoms with van der Waals surface area (Å²) in [6, 6.07) is 8.36. The maximum atomic E-state index is 12.8. The van der Waals surface area contributed by atoms with Crippen LogP contribution in [0.25, 0.3) is 11.1 Å². The van der Waals surface area contributed by atoms with Crippen LogP contribution in [-0.2, 0) is 14.3 Å². The van der Waals surface area contributed by atoms with Crippen LogP contribution in [0.3, 0.4) is 0 Å². The molecular weight excluding hydrogens is 548 g/mol. The molecule has 0 aromatic heterocycles. The molecule has 0 heterocycles. The van der Waals surface area contributed by atoms with Gasteiger partial charge in [-0.2, -0.15) is 0 Å². The van der Waals surface area contributed by atoms with Crippen LogP contribution in [-0.4, -0.2) is 35.0 Å². The molecule has 2 spiro atoms. The standard InChI is InChI=1S/C20H26O3.C19H24O2/c1-12-8-13(2)17(14(3)9-12)18-16(21)11-20(19(18)22)7-5-6-15(10-20)23-4;1-12-9-13(2)16(14(3)10-12)17-15(20)11-19(18(17)21)7-5-4-6-8-19/h8-9,15,22H,5-7,10-11H2,1-4H3;9-10,21H,4-8,11H2,1-3H3. The van der Waals surface area contributed by atoms with Crippen molar-refractivity contribution in [1.29, 1.82) is 0 Å². The van der Waals surface area contributed by atoms with E-state index in [0.29, 0.717) is 35.5 Å².